The second-order valence-corrected chi connectivity index (χ2v) is 2.23. The van der Waals surface area contributed by atoms with Gasteiger partial charge in [0.2, 0.25) is 0 Å². The summed E-state index contributed by atoms with van der Waals surface area (Å²) in [4.78, 5) is 10.2. The van der Waals surface area contributed by atoms with Crippen LogP contribution in [0.5, 0.6) is 0 Å². The number of terminal acetylenes is 1. The van der Waals surface area contributed by atoms with E-state index in [1.54, 1.807) is 0 Å². The van der Waals surface area contributed by atoms with Gasteiger partial charge in [0.15, 0.2) is 0 Å². The zero-order valence-corrected chi connectivity index (χ0v) is 6.03. The molecular formula is C7H11NO3. The minimum absolute atomic E-state index is 0.113. The maximum absolute atomic E-state index is 10.2. The van der Waals surface area contributed by atoms with Crippen molar-refractivity contribution in [2.24, 2.45) is 11.7 Å². The first-order valence-corrected chi connectivity index (χ1v) is 3.17. The molecule has 0 heterocycles. The van der Waals surface area contributed by atoms with Crippen molar-refractivity contribution in [3.63, 3.8) is 0 Å². The van der Waals surface area contributed by atoms with Crippen molar-refractivity contribution >= 4 is 5.97 Å². The first-order valence-electron chi connectivity index (χ1n) is 3.17. The molecule has 1 unspecified atom stereocenters. The Morgan fingerprint density at radius 1 is 1.73 bits per heavy atom. The monoisotopic (exact) mass is 157 g/mol. The molecule has 2 atom stereocenters. The van der Waals surface area contributed by atoms with E-state index >= 15 is 0 Å². The van der Waals surface area contributed by atoms with Crippen molar-refractivity contribution in [2.45, 2.75) is 12.5 Å². The molecule has 0 radical (unpaired) electrons. The van der Waals surface area contributed by atoms with Crippen molar-refractivity contribution in [3.8, 4) is 12.3 Å². The van der Waals surface area contributed by atoms with Crippen LogP contribution in [0.15, 0.2) is 0 Å². The van der Waals surface area contributed by atoms with Gasteiger partial charge >= 0.3 is 5.97 Å². The fourth-order valence-electron chi connectivity index (χ4n) is 0.603. The Morgan fingerprint density at radius 3 is 2.55 bits per heavy atom. The lowest BCUT2D eigenvalue weighted by atomic mass is 10.0. The molecule has 0 saturated heterocycles. The average molecular weight is 157 g/mol. The largest absolute Gasteiger partial charge is 0.480 e. The quantitative estimate of drug-likeness (QED) is 0.458. The number of carboxylic acid groups (broad SMARTS) is 1. The lowest BCUT2D eigenvalue weighted by Crippen LogP contribution is -2.32. The maximum Gasteiger partial charge on any atom is 0.320 e. The molecule has 11 heavy (non-hydrogen) atoms. The van der Waals surface area contributed by atoms with Gasteiger partial charge in [0.25, 0.3) is 0 Å². The van der Waals surface area contributed by atoms with E-state index in [4.69, 9.17) is 22.4 Å². The minimum atomic E-state index is -1.10. The summed E-state index contributed by atoms with van der Waals surface area (Å²) < 4.78 is 0. The van der Waals surface area contributed by atoms with Crippen LogP contribution in [0, 0.1) is 18.3 Å². The zero-order chi connectivity index (χ0) is 8.85. The van der Waals surface area contributed by atoms with Gasteiger partial charge in [-0.05, 0) is 6.42 Å². The fraction of sp³-hybridized carbons (Fsp3) is 0.571. The summed E-state index contributed by atoms with van der Waals surface area (Å²) in [5, 5.41) is 16.9. The molecule has 0 aromatic carbocycles. The van der Waals surface area contributed by atoms with Crippen LogP contribution in [0.1, 0.15) is 6.42 Å². The predicted molar refractivity (Wildman–Crippen MR) is 39.6 cm³/mol. The zero-order valence-electron chi connectivity index (χ0n) is 6.03. The number of carbonyl (C=O) groups is 1. The summed E-state index contributed by atoms with van der Waals surface area (Å²) in [6, 6.07) is -0.983. The molecule has 62 valence electrons. The molecule has 0 aromatic heterocycles. The summed E-state index contributed by atoms with van der Waals surface area (Å²) in [5.74, 6) is 0.688. The number of carboxylic acids is 1. The summed E-state index contributed by atoms with van der Waals surface area (Å²) in [7, 11) is 0. The van der Waals surface area contributed by atoms with E-state index in [0.29, 0.717) is 0 Å². The van der Waals surface area contributed by atoms with E-state index in [1.807, 2.05) is 0 Å². The van der Waals surface area contributed by atoms with Crippen LogP contribution in [-0.2, 0) is 4.79 Å². The van der Waals surface area contributed by atoms with Gasteiger partial charge in [0.05, 0.1) is 6.61 Å². The van der Waals surface area contributed by atoms with Gasteiger partial charge in [0, 0.05) is 5.92 Å². The molecule has 4 nitrogen and oxygen atoms in total. The van der Waals surface area contributed by atoms with Gasteiger partial charge in [-0.25, -0.2) is 0 Å². The molecule has 0 spiro atoms. The van der Waals surface area contributed by atoms with Crippen molar-refractivity contribution in [1.29, 1.82) is 0 Å². The molecule has 4 N–H and O–H groups in total. The van der Waals surface area contributed by atoms with Gasteiger partial charge in [-0.15, -0.1) is 12.3 Å². The van der Waals surface area contributed by atoms with Crippen LogP contribution in [0.3, 0.4) is 0 Å². The Morgan fingerprint density at radius 2 is 2.27 bits per heavy atom. The molecule has 0 amide bonds. The highest BCUT2D eigenvalue weighted by atomic mass is 16.4. The van der Waals surface area contributed by atoms with Crippen molar-refractivity contribution < 1.29 is 15.0 Å². The number of nitrogens with two attached hydrogens (primary N) is 1. The molecule has 0 saturated carbocycles. The molecule has 0 rings (SSSR count). The third-order valence-electron chi connectivity index (χ3n) is 1.31. The summed E-state index contributed by atoms with van der Waals surface area (Å²) in [6.07, 6.45) is 5.09. The Bertz CT molecular complexity index is 173. The topological polar surface area (TPSA) is 83.5 Å². The highest BCUT2D eigenvalue weighted by molar-refractivity contribution is 5.73. The van der Waals surface area contributed by atoms with Crippen LogP contribution in [-0.4, -0.2) is 28.8 Å². The van der Waals surface area contributed by atoms with Gasteiger partial charge in [-0.1, -0.05) is 0 Å². The van der Waals surface area contributed by atoms with Gasteiger partial charge < -0.3 is 15.9 Å². The maximum atomic E-state index is 10.2. The lowest BCUT2D eigenvalue weighted by molar-refractivity contribution is -0.138. The molecule has 0 fully saturated rings. The second-order valence-electron chi connectivity index (χ2n) is 2.23. The molecular weight excluding hydrogens is 146 g/mol. The van der Waals surface area contributed by atoms with E-state index in [0.717, 1.165) is 0 Å². The first-order chi connectivity index (χ1) is 5.11. The molecule has 0 aliphatic rings. The summed E-state index contributed by atoms with van der Waals surface area (Å²) >= 11 is 0. The third kappa shape index (κ3) is 3.61. The smallest absolute Gasteiger partial charge is 0.320 e. The number of aliphatic hydroxyl groups excluding tert-OH is 1. The van der Waals surface area contributed by atoms with E-state index < -0.39 is 17.9 Å². The number of aliphatic carboxylic acids is 1. The standard InChI is InChI=1S/C7H11NO3/c1-2-5(4-9)3-6(8)7(10)11/h1,5-6,9H,3-4,8H2,(H,10,11)/t5?,6-/m0/s1. The van der Waals surface area contributed by atoms with E-state index in [-0.39, 0.29) is 13.0 Å². The van der Waals surface area contributed by atoms with Crippen LogP contribution >= 0.6 is 0 Å². The molecule has 0 aromatic rings. The minimum Gasteiger partial charge on any atom is -0.480 e. The highest BCUT2D eigenvalue weighted by Crippen LogP contribution is 2.02. The molecule has 0 aliphatic carbocycles. The van der Waals surface area contributed by atoms with Gasteiger partial charge in [0.1, 0.15) is 6.04 Å². The summed E-state index contributed by atoms with van der Waals surface area (Å²) in [6.45, 7) is -0.225. The Labute approximate surface area is 65.0 Å². The molecule has 4 heteroatoms. The van der Waals surface area contributed by atoms with Crippen LogP contribution < -0.4 is 5.73 Å². The van der Waals surface area contributed by atoms with Crippen molar-refractivity contribution in [2.75, 3.05) is 6.61 Å². The Hall–Kier alpha value is -1.05. The third-order valence-corrected chi connectivity index (χ3v) is 1.31. The molecule has 0 bridgehead atoms. The van der Waals surface area contributed by atoms with E-state index in [1.165, 1.54) is 0 Å². The number of hydrogen-bond acceptors (Lipinski definition) is 3. The fourth-order valence-corrected chi connectivity index (χ4v) is 0.603. The van der Waals surface area contributed by atoms with Gasteiger partial charge in [-0.3, -0.25) is 4.79 Å². The van der Waals surface area contributed by atoms with Gasteiger partial charge in [-0.2, -0.15) is 0 Å². The Balaban J connectivity index is 3.83. The lowest BCUT2D eigenvalue weighted by Gasteiger charge is -2.09. The normalized spacial score (nSPS) is 15.0. The highest BCUT2D eigenvalue weighted by Gasteiger charge is 2.15. The predicted octanol–water partition coefficient (Wildman–Crippen LogP) is -0.970. The van der Waals surface area contributed by atoms with Crippen LogP contribution in [0.25, 0.3) is 0 Å². The first kappa shape index (κ1) is 9.95. The number of rotatable bonds is 4. The Kier molecular flexibility index (Phi) is 4.27. The van der Waals surface area contributed by atoms with Crippen molar-refractivity contribution in [3.05, 3.63) is 0 Å². The van der Waals surface area contributed by atoms with E-state index in [2.05, 4.69) is 5.92 Å². The molecule has 0 aliphatic heterocycles. The van der Waals surface area contributed by atoms with Crippen LogP contribution in [0.4, 0.5) is 0 Å². The number of hydrogen-bond donors (Lipinski definition) is 3. The van der Waals surface area contributed by atoms with Crippen LogP contribution in [0.2, 0.25) is 0 Å². The SMILES string of the molecule is C#CC(CO)C[C@H](N)C(=O)O. The van der Waals surface area contributed by atoms with Crippen molar-refractivity contribution in [1.82, 2.24) is 0 Å². The summed E-state index contributed by atoms with van der Waals surface area (Å²) in [5.41, 5.74) is 5.16. The van der Waals surface area contributed by atoms with E-state index in [9.17, 15) is 4.79 Å². The average Bonchev–Trinajstić information content (AvgIpc) is 1.99. The number of aliphatic hydroxyl groups is 1. The second kappa shape index (κ2) is 4.72.